The van der Waals surface area contributed by atoms with E-state index >= 15 is 0 Å². The van der Waals surface area contributed by atoms with Crippen LogP contribution >= 0.6 is 11.6 Å². The number of aryl methyl sites for hydroxylation is 2. The van der Waals surface area contributed by atoms with E-state index in [0.717, 1.165) is 37.5 Å². The fourth-order valence-corrected chi connectivity index (χ4v) is 4.05. The Bertz CT molecular complexity index is 779. The van der Waals surface area contributed by atoms with E-state index < -0.39 is 0 Å². The summed E-state index contributed by atoms with van der Waals surface area (Å²) in [6.45, 7) is 9.12. The lowest BCUT2D eigenvalue weighted by Gasteiger charge is -2.32. The number of rotatable bonds is 5. The van der Waals surface area contributed by atoms with Crippen LogP contribution < -0.4 is 5.32 Å². The third-order valence-electron chi connectivity index (χ3n) is 5.53. The van der Waals surface area contributed by atoms with Gasteiger partial charge in [0.2, 0.25) is 5.91 Å². The molecule has 3 rings (SSSR count). The number of nitrogens with zero attached hydrogens (tertiary/aromatic N) is 1. The summed E-state index contributed by atoms with van der Waals surface area (Å²) in [5, 5.41) is 4.00. The number of likely N-dealkylation sites (tertiary alicyclic amines) is 1. The van der Waals surface area contributed by atoms with Crippen molar-refractivity contribution in [2.75, 3.05) is 13.1 Å². The predicted molar refractivity (Wildman–Crippen MR) is 112 cm³/mol. The highest BCUT2D eigenvalue weighted by Crippen LogP contribution is 2.23. The van der Waals surface area contributed by atoms with Crippen molar-refractivity contribution in [3.05, 3.63) is 69.7 Å². The molecule has 1 aliphatic rings. The Morgan fingerprint density at radius 2 is 1.81 bits per heavy atom. The summed E-state index contributed by atoms with van der Waals surface area (Å²) in [6.07, 6.45) is 1.83. The first-order valence-corrected chi connectivity index (χ1v) is 10.1. The van der Waals surface area contributed by atoms with Gasteiger partial charge >= 0.3 is 0 Å². The van der Waals surface area contributed by atoms with Gasteiger partial charge in [0.05, 0.1) is 6.04 Å². The number of hydrogen-bond donors (Lipinski definition) is 1. The quantitative estimate of drug-likeness (QED) is 0.782. The Balaban J connectivity index is 1.50. The Hall–Kier alpha value is -1.84. The highest BCUT2D eigenvalue weighted by molar-refractivity contribution is 6.30. The van der Waals surface area contributed by atoms with Crippen molar-refractivity contribution >= 4 is 17.5 Å². The van der Waals surface area contributed by atoms with Crippen LogP contribution in [0.2, 0.25) is 5.02 Å². The topological polar surface area (TPSA) is 32.3 Å². The van der Waals surface area contributed by atoms with Crippen LogP contribution in [0.3, 0.4) is 0 Å². The number of piperidine rings is 1. The molecule has 1 aliphatic heterocycles. The van der Waals surface area contributed by atoms with Crippen LogP contribution in [0.4, 0.5) is 0 Å². The molecule has 1 saturated heterocycles. The molecule has 144 valence electrons. The van der Waals surface area contributed by atoms with Gasteiger partial charge in [-0.3, -0.25) is 9.69 Å². The molecule has 1 amide bonds. The predicted octanol–water partition coefficient (Wildman–Crippen LogP) is 5.05. The lowest BCUT2D eigenvalue weighted by Crippen LogP contribution is -2.41. The summed E-state index contributed by atoms with van der Waals surface area (Å²) in [5.74, 6) is 0.299. The first-order valence-electron chi connectivity index (χ1n) is 9.76. The fourth-order valence-electron chi connectivity index (χ4n) is 3.92. The first-order chi connectivity index (χ1) is 12.9. The second-order valence-electron chi connectivity index (χ2n) is 7.77. The molecule has 3 nitrogen and oxygen atoms in total. The van der Waals surface area contributed by atoms with Gasteiger partial charge in [-0.05, 0) is 75.5 Å². The van der Waals surface area contributed by atoms with E-state index in [1.54, 1.807) is 0 Å². The van der Waals surface area contributed by atoms with Crippen molar-refractivity contribution < 1.29 is 4.79 Å². The molecule has 4 heteroatoms. The number of carbonyl (C=O) groups excluding carboxylic acids is 1. The van der Waals surface area contributed by atoms with Gasteiger partial charge in [-0.1, -0.05) is 47.5 Å². The minimum atomic E-state index is 0.0465. The third kappa shape index (κ3) is 5.33. The number of halogens is 1. The van der Waals surface area contributed by atoms with Gasteiger partial charge in [0.1, 0.15) is 0 Å². The summed E-state index contributed by atoms with van der Waals surface area (Å²) < 4.78 is 0. The van der Waals surface area contributed by atoms with Gasteiger partial charge in [0, 0.05) is 17.5 Å². The van der Waals surface area contributed by atoms with E-state index in [2.05, 4.69) is 61.3 Å². The molecule has 1 atom stereocenters. The molecule has 0 radical (unpaired) electrons. The number of nitrogens with one attached hydrogen (secondary N) is 1. The summed E-state index contributed by atoms with van der Waals surface area (Å²) in [7, 11) is 0. The summed E-state index contributed by atoms with van der Waals surface area (Å²) in [6, 6.07) is 14.5. The molecular formula is C23H29ClN2O. The zero-order valence-electron chi connectivity index (χ0n) is 16.5. The minimum Gasteiger partial charge on any atom is -0.349 e. The van der Waals surface area contributed by atoms with Crippen molar-refractivity contribution in [2.24, 2.45) is 5.92 Å². The lowest BCUT2D eigenvalue weighted by molar-refractivity contribution is -0.127. The second-order valence-corrected chi connectivity index (χ2v) is 8.20. The summed E-state index contributed by atoms with van der Waals surface area (Å²) in [5.41, 5.74) is 4.96. The van der Waals surface area contributed by atoms with Gasteiger partial charge < -0.3 is 5.32 Å². The molecule has 27 heavy (non-hydrogen) atoms. The Labute approximate surface area is 167 Å². The monoisotopic (exact) mass is 384 g/mol. The molecule has 1 heterocycles. The molecule has 1 N–H and O–H groups in total. The van der Waals surface area contributed by atoms with Crippen LogP contribution in [0.1, 0.15) is 48.1 Å². The molecule has 0 saturated carbocycles. The smallest absolute Gasteiger partial charge is 0.223 e. The van der Waals surface area contributed by atoms with Crippen molar-refractivity contribution in [3.63, 3.8) is 0 Å². The van der Waals surface area contributed by atoms with E-state index in [-0.39, 0.29) is 17.9 Å². The Morgan fingerprint density at radius 1 is 1.15 bits per heavy atom. The van der Waals surface area contributed by atoms with Crippen molar-refractivity contribution in [1.82, 2.24) is 10.2 Å². The van der Waals surface area contributed by atoms with E-state index in [1.807, 2.05) is 12.1 Å². The SMILES string of the molecule is Cc1ccc(C(C)NC(=O)C2CCN(Cc3ccc(Cl)cc3)CC2)c(C)c1. The minimum absolute atomic E-state index is 0.0465. The number of hydrogen-bond acceptors (Lipinski definition) is 2. The van der Waals surface area contributed by atoms with Crippen LogP contribution in [0.15, 0.2) is 42.5 Å². The normalized spacial score (nSPS) is 16.9. The average Bonchev–Trinajstić information content (AvgIpc) is 2.64. The number of amides is 1. The van der Waals surface area contributed by atoms with E-state index in [4.69, 9.17) is 11.6 Å². The highest BCUT2D eigenvalue weighted by Gasteiger charge is 2.26. The zero-order valence-corrected chi connectivity index (χ0v) is 17.2. The van der Waals surface area contributed by atoms with E-state index in [1.165, 1.54) is 22.3 Å². The summed E-state index contributed by atoms with van der Waals surface area (Å²) in [4.78, 5) is 15.1. The highest BCUT2D eigenvalue weighted by atomic mass is 35.5. The zero-order chi connectivity index (χ0) is 19.4. The van der Waals surface area contributed by atoms with Crippen LogP contribution in [0.5, 0.6) is 0 Å². The molecule has 1 unspecified atom stereocenters. The third-order valence-corrected chi connectivity index (χ3v) is 5.78. The molecule has 2 aromatic carbocycles. The van der Waals surface area contributed by atoms with Crippen molar-refractivity contribution in [1.29, 1.82) is 0 Å². The molecule has 0 spiro atoms. The largest absolute Gasteiger partial charge is 0.349 e. The van der Waals surface area contributed by atoms with E-state index in [0.29, 0.717) is 0 Å². The standard InChI is InChI=1S/C23H29ClN2O/c1-16-4-9-22(17(2)14-16)18(3)25-23(27)20-10-12-26(13-11-20)15-19-5-7-21(24)8-6-19/h4-9,14,18,20H,10-13,15H2,1-3H3,(H,25,27). The molecule has 1 fully saturated rings. The van der Waals surface area contributed by atoms with Crippen LogP contribution in [0.25, 0.3) is 0 Å². The maximum Gasteiger partial charge on any atom is 0.223 e. The van der Waals surface area contributed by atoms with Crippen LogP contribution in [-0.2, 0) is 11.3 Å². The number of benzene rings is 2. The summed E-state index contributed by atoms with van der Waals surface area (Å²) >= 11 is 5.95. The molecule has 0 aromatic heterocycles. The average molecular weight is 385 g/mol. The molecule has 2 aromatic rings. The van der Waals surface area contributed by atoms with Crippen molar-refractivity contribution in [2.45, 2.75) is 46.2 Å². The maximum absolute atomic E-state index is 12.7. The molecule has 0 aliphatic carbocycles. The van der Waals surface area contributed by atoms with E-state index in [9.17, 15) is 4.79 Å². The van der Waals surface area contributed by atoms with Gasteiger partial charge in [-0.2, -0.15) is 0 Å². The van der Waals surface area contributed by atoms with Gasteiger partial charge in [0.25, 0.3) is 0 Å². The lowest BCUT2D eigenvalue weighted by atomic mass is 9.94. The number of carbonyl (C=O) groups is 1. The first kappa shape index (κ1) is 19.9. The molecule has 0 bridgehead atoms. The second kappa shape index (κ2) is 8.90. The Morgan fingerprint density at radius 3 is 2.44 bits per heavy atom. The van der Waals surface area contributed by atoms with Crippen molar-refractivity contribution in [3.8, 4) is 0 Å². The fraction of sp³-hybridized carbons (Fsp3) is 0.435. The van der Waals surface area contributed by atoms with Gasteiger partial charge in [0.15, 0.2) is 0 Å². The maximum atomic E-state index is 12.7. The van der Waals surface area contributed by atoms with Crippen LogP contribution in [0, 0.1) is 19.8 Å². The van der Waals surface area contributed by atoms with Gasteiger partial charge in [-0.25, -0.2) is 0 Å². The van der Waals surface area contributed by atoms with Gasteiger partial charge in [-0.15, -0.1) is 0 Å². The van der Waals surface area contributed by atoms with Crippen LogP contribution in [-0.4, -0.2) is 23.9 Å². The molecular weight excluding hydrogens is 356 g/mol. The Kier molecular flexibility index (Phi) is 6.56.